The normalized spacial score (nSPS) is 24.1. The molecule has 184 valence electrons. The number of nitrogens with one attached hydrogen (secondary N) is 2. The Bertz CT molecular complexity index is 1110. The molecule has 3 aromatic heterocycles. The van der Waals surface area contributed by atoms with Crippen LogP contribution >= 0.6 is 11.6 Å². The SMILES string of the molecule is COCCOCCn1nccc1CNc1nc2nc(O[C@@H]3CO[C@H]4[C@@H]3OC[C@H]4O)[nH]c2cc1Cl. The number of H-pyrrole nitrogens is 1. The molecule has 0 saturated carbocycles. The molecule has 13 heteroatoms. The van der Waals surface area contributed by atoms with Gasteiger partial charge in [0, 0.05) is 13.3 Å². The molecule has 0 spiro atoms. The molecule has 0 aliphatic carbocycles. The lowest BCUT2D eigenvalue weighted by Crippen LogP contribution is -2.34. The van der Waals surface area contributed by atoms with E-state index in [9.17, 15) is 5.11 Å². The van der Waals surface area contributed by atoms with Gasteiger partial charge in [0.15, 0.2) is 11.8 Å². The van der Waals surface area contributed by atoms with Gasteiger partial charge in [-0.25, -0.2) is 4.98 Å². The number of pyridine rings is 1. The van der Waals surface area contributed by atoms with Gasteiger partial charge < -0.3 is 39.1 Å². The van der Waals surface area contributed by atoms with E-state index >= 15 is 0 Å². The lowest BCUT2D eigenvalue weighted by molar-refractivity contribution is 0.00706. The van der Waals surface area contributed by atoms with Crippen molar-refractivity contribution in [2.45, 2.75) is 37.5 Å². The predicted octanol–water partition coefficient (Wildman–Crippen LogP) is 0.989. The molecule has 5 rings (SSSR count). The molecule has 0 amide bonds. The van der Waals surface area contributed by atoms with Crippen molar-refractivity contribution in [2.75, 3.05) is 45.5 Å². The number of aliphatic hydroxyl groups excluding tert-OH is 1. The lowest BCUT2D eigenvalue weighted by atomic mass is 10.1. The number of halogens is 1. The number of aromatic nitrogens is 5. The van der Waals surface area contributed by atoms with Crippen molar-refractivity contribution in [3.8, 4) is 6.01 Å². The topological polar surface area (TPSA) is 138 Å². The summed E-state index contributed by atoms with van der Waals surface area (Å²) in [6.45, 7) is 3.30. The van der Waals surface area contributed by atoms with E-state index in [0.717, 1.165) is 5.69 Å². The van der Waals surface area contributed by atoms with Gasteiger partial charge in [-0.1, -0.05) is 11.6 Å². The van der Waals surface area contributed by atoms with Crippen LogP contribution in [0.25, 0.3) is 11.2 Å². The third-order valence-electron chi connectivity index (χ3n) is 5.77. The van der Waals surface area contributed by atoms with Gasteiger partial charge in [-0.3, -0.25) is 4.68 Å². The molecular formula is C21H27ClN6O6. The third-order valence-corrected chi connectivity index (χ3v) is 6.06. The molecule has 0 unspecified atom stereocenters. The summed E-state index contributed by atoms with van der Waals surface area (Å²) in [5.74, 6) is 0.503. The second-order valence-electron chi connectivity index (χ2n) is 8.06. The van der Waals surface area contributed by atoms with E-state index in [1.165, 1.54) is 0 Å². The van der Waals surface area contributed by atoms with Crippen LogP contribution in [0, 0.1) is 0 Å². The molecule has 4 atom stereocenters. The van der Waals surface area contributed by atoms with E-state index in [2.05, 4.69) is 25.4 Å². The molecule has 2 fully saturated rings. The predicted molar refractivity (Wildman–Crippen MR) is 121 cm³/mol. The smallest absolute Gasteiger partial charge is 0.296 e. The molecule has 0 radical (unpaired) electrons. The van der Waals surface area contributed by atoms with Crippen molar-refractivity contribution in [3.05, 3.63) is 29.0 Å². The largest absolute Gasteiger partial charge is 0.456 e. The van der Waals surface area contributed by atoms with E-state index in [4.69, 9.17) is 35.3 Å². The molecule has 12 nitrogen and oxygen atoms in total. The number of ether oxygens (including phenoxy) is 5. The van der Waals surface area contributed by atoms with Crippen molar-refractivity contribution in [1.29, 1.82) is 0 Å². The molecule has 3 N–H and O–H groups in total. The number of aromatic amines is 1. The van der Waals surface area contributed by atoms with Gasteiger partial charge in [-0.15, -0.1) is 0 Å². The van der Waals surface area contributed by atoms with Crippen LogP contribution in [0.15, 0.2) is 18.3 Å². The minimum atomic E-state index is -0.636. The number of aliphatic hydroxyl groups is 1. The summed E-state index contributed by atoms with van der Waals surface area (Å²) in [7, 11) is 1.64. The van der Waals surface area contributed by atoms with Crippen LogP contribution in [-0.2, 0) is 32.0 Å². The molecule has 0 aromatic carbocycles. The van der Waals surface area contributed by atoms with Crippen LogP contribution in [0.5, 0.6) is 6.01 Å². The number of hydrogen-bond donors (Lipinski definition) is 3. The van der Waals surface area contributed by atoms with Crippen LogP contribution in [0.4, 0.5) is 5.82 Å². The summed E-state index contributed by atoms with van der Waals surface area (Å²) >= 11 is 6.45. The Morgan fingerprint density at radius 3 is 3.00 bits per heavy atom. The van der Waals surface area contributed by atoms with E-state index in [-0.39, 0.29) is 24.9 Å². The Morgan fingerprint density at radius 1 is 1.24 bits per heavy atom. The summed E-state index contributed by atoms with van der Waals surface area (Å²) in [5, 5.41) is 17.9. The van der Waals surface area contributed by atoms with Crippen molar-refractivity contribution < 1.29 is 28.8 Å². The van der Waals surface area contributed by atoms with Gasteiger partial charge in [0.2, 0.25) is 0 Å². The Hall–Kier alpha value is -2.48. The maximum Gasteiger partial charge on any atom is 0.296 e. The van der Waals surface area contributed by atoms with Crippen LogP contribution < -0.4 is 10.1 Å². The quantitative estimate of drug-likeness (QED) is 0.331. The number of hydrogen-bond acceptors (Lipinski definition) is 10. The van der Waals surface area contributed by atoms with Crippen LogP contribution in [-0.4, -0.2) is 94.4 Å². The average Bonchev–Trinajstić information content (AvgIpc) is 3.59. The first kappa shape index (κ1) is 23.3. The fourth-order valence-corrected chi connectivity index (χ4v) is 4.26. The van der Waals surface area contributed by atoms with Crippen LogP contribution in [0.1, 0.15) is 5.69 Å². The number of nitrogens with zero attached hydrogens (tertiary/aromatic N) is 4. The molecule has 34 heavy (non-hydrogen) atoms. The number of anilines is 1. The highest BCUT2D eigenvalue weighted by Gasteiger charge is 2.48. The molecule has 2 aliphatic heterocycles. The summed E-state index contributed by atoms with van der Waals surface area (Å²) in [6, 6.07) is 3.96. The first-order valence-corrected chi connectivity index (χ1v) is 11.5. The van der Waals surface area contributed by atoms with E-state index < -0.39 is 6.10 Å². The Balaban J connectivity index is 1.21. The highest BCUT2D eigenvalue weighted by molar-refractivity contribution is 6.33. The summed E-state index contributed by atoms with van der Waals surface area (Å²) in [5.41, 5.74) is 2.07. The maximum absolute atomic E-state index is 9.89. The second kappa shape index (κ2) is 10.4. The van der Waals surface area contributed by atoms with Gasteiger partial charge in [-0.2, -0.15) is 10.1 Å². The minimum absolute atomic E-state index is 0.237. The highest BCUT2D eigenvalue weighted by Crippen LogP contribution is 2.30. The number of rotatable bonds is 11. The van der Waals surface area contributed by atoms with Crippen molar-refractivity contribution in [1.82, 2.24) is 24.7 Å². The highest BCUT2D eigenvalue weighted by atomic mass is 35.5. The van der Waals surface area contributed by atoms with E-state index in [1.807, 2.05) is 10.7 Å². The first-order valence-electron chi connectivity index (χ1n) is 11.1. The summed E-state index contributed by atoms with van der Waals surface area (Å²) in [4.78, 5) is 12.1. The molecule has 0 bridgehead atoms. The Labute approximate surface area is 200 Å². The number of imidazole rings is 1. The van der Waals surface area contributed by atoms with Gasteiger partial charge in [0.1, 0.15) is 24.1 Å². The fourth-order valence-electron chi connectivity index (χ4n) is 4.05. The first-order chi connectivity index (χ1) is 16.6. The van der Waals surface area contributed by atoms with Gasteiger partial charge in [0.05, 0.1) is 62.4 Å². The van der Waals surface area contributed by atoms with Gasteiger partial charge in [-0.05, 0) is 12.1 Å². The lowest BCUT2D eigenvalue weighted by Gasteiger charge is -2.15. The monoisotopic (exact) mass is 494 g/mol. The number of methoxy groups -OCH3 is 1. The van der Waals surface area contributed by atoms with Crippen LogP contribution in [0.3, 0.4) is 0 Å². The molecule has 5 heterocycles. The van der Waals surface area contributed by atoms with E-state index in [0.29, 0.717) is 67.5 Å². The minimum Gasteiger partial charge on any atom is -0.456 e. The van der Waals surface area contributed by atoms with Crippen LogP contribution in [0.2, 0.25) is 5.02 Å². The van der Waals surface area contributed by atoms with Crippen molar-refractivity contribution in [3.63, 3.8) is 0 Å². The summed E-state index contributed by atoms with van der Waals surface area (Å²) < 4.78 is 29.5. The molecular weight excluding hydrogens is 468 g/mol. The third kappa shape index (κ3) is 4.97. The van der Waals surface area contributed by atoms with E-state index in [1.54, 1.807) is 19.4 Å². The van der Waals surface area contributed by atoms with Crippen molar-refractivity contribution in [2.24, 2.45) is 0 Å². The Morgan fingerprint density at radius 2 is 2.12 bits per heavy atom. The molecule has 2 saturated heterocycles. The standard InChI is InChI=1S/C21H27ClN6O6/c1-30-6-7-31-5-4-28-12(2-3-24-28)9-23-19-13(22)8-14-20(26-19)27-21(25-14)34-16-11-33-17-15(29)10-32-18(16)17/h2-3,8,15-18,29H,4-7,9-11H2,1H3,(H2,23,25,26,27)/t15-,16-,17-,18-/m1/s1. The van der Waals surface area contributed by atoms with Gasteiger partial charge in [0.25, 0.3) is 6.01 Å². The zero-order valence-corrected chi connectivity index (χ0v) is 19.4. The van der Waals surface area contributed by atoms with Gasteiger partial charge >= 0.3 is 0 Å². The number of fused-ring (bicyclic) bond motifs is 2. The zero-order chi connectivity index (χ0) is 23.5. The molecule has 3 aromatic rings. The average molecular weight is 495 g/mol. The second-order valence-corrected chi connectivity index (χ2v) is 8.46. The zero-order valence-electron chi connectivity index (χ0n) is 18.6. The van der Waals surface area contributed by atoms with Crippen molar-refractivity contribution >= 4 is 28.6 Å². The molecule has 2 aliphatic rings. The summed E-state index contributed by atoms with van der Waals surface area (Å²) in [6.07, 6.45) is 0.0410. The Kier molecular flexibility index (Phi) is 7.13. The maximum atomic E-state index is 9.89. The fraction of sp³-hybridized carbons (Fsp3) is 0.571.